The minimum atomic E-state index is -0.547. The molecule has 10 saturated carbocycles. The van der Waals surface area contributed by atoms with Crippen LogP contribution in [0.4, 0.5) is 0 Å². The third-order valence-electron chi connectivity index (χ3n) is 26.8. The molecule has 0 aliphatic heterocycles. The Hall–Kier alpha value is -1.98. The largest absolute Gasteiger partial charge is 0.481 e. The lowest BCUT2D eigenvalue weighted by molar-refractivity contribution is -0.237. The van der Waals surface area contributed by atoms with Crippen LogP contribution in [0.2, 0.25) is 0 Å². The molecule has 0 radical (unpaired) electrons. The number of carboxylic acids is 2. The Bertz CT molecular complexity index is 2050. The summed E-state index contributed by atoms with van der Waals surface area (Å²) in [4.78, 5) is 51.3. The zero-order valence-electron chi connectivity index (χ0n) is 44.2. The van der Waals surface area contributed by atoms with Gasteiger partial charge in [0.2, 0.25) is 0 Å². The van der Waals surface area contributed by atoms with Gasteiger partial charge in [-0.3, -0.25) is 19.2 Å². The second-order valence-electron chi connectivity index (χ2n) is 29.0. The Kier molecular flexibility index (Phi) is 11.3. The predicted octanol–water partition coefficient (Wildman–Crippen LogP) is 14.7. The van der Waals surface area contributed by atoms with Crippen molar-refractivity contribution in [2.45, 2.75) is 218 Å². The Balaban J connectivity index is 0.000000166. The number of Topliss-reactive ketones (excluding diaryl/α,β-unsaturated/α-hetero) is 2. The van der Waals surface area contributed by atoms with Gasteiger partial charge in [0.05, 0.1) is 10.8 Å². The summed E-state index contributed by atoms with van der Waals surface area (Å²) in [6, 6.07) is 0. The van der Waals surface area contributed by atoms with Gasteiger partial charge in [0, 0.05) is 23.7 Å². The van der Waals surface area contributed by atoms with E-state index in [0.717, 1.165) is 96.3 Å². The molecular formula is C60H94O6. The maximum absolute atomic E-state index is 12.9. The molecule has 18 atom stereocenters. The van der Waals surface area contributed by atoms with Gasteiger partial charge in [-0.15, -0.1) is 0 Å². The minimum Gasteiger partial charge on any atom is -0.481 e. The molecule has 0 aromatic carbocycles. The lowest BCUT2D eigenvalue weighted by Gasteiger charge is -2.72. The summed E-state index contributed by atoms with van der Waals surface area (Å²) in [6.07, 6.45) is 20.6. The molecule has 10 fully saturated rings. The summed E-state index contributed by atoms with van der Waals surface area (Å²) >= 11 is 0. The Morgan fingerprint density at radius 1 is 0.500 bits per heavy atom. The highest BCUT2D eigenvalue weighted by molar-refractivity contribution is 5.86. The van der Waals surface area contributed by atoms with E-state index in [1.165, 1.54) is 37.7 Å². The average Bonchev–Trinajstić information content (AvgIpc) is 3.84. The van der Waals surface area contributed by atoms with Gasteiger partial charge in [0.25, 0.3) is 0 Å². The number of ketones is 2. The zero-order chi connectivity index (χ0) is 48.4. The first-order valence-corrected chi connectivity index (χ1v) is 27.7. The predicted molar refractivity (Wildman–Crippen MR) is 263 cm³/mol. The van der Waals surface area contributed by atoms with Crippen LogP contribution in [0.15, 0.2) is 12.2 Å². The fourth-order valence-electron chi connectivity index (χ4n) is 22.9. The monoisotopic (exact) mass is 911 g/mol. The van der Waals surface area contributed by atoms with Crippen molar-refractivity contribution in [3.8, 4) is 0 Å². The number of carbonyl (C=O) groups is 4. The lowest BCUT2D eigenvalue weighted by atomic mass is 9.32. The Morgan fingerprint density at radius 2 is 0.909 bits per heavy atom. The van der Waals surface area contributed by atoms with Crippen LogP contribution in [-0.2, 0) is 19.2 Å². The number of allylic oxidation sites excluding steroid dienone is 1. The number of rotatable bonds is 4. The van der Waals surface area contributed by atoms with Crippen LogP contribution in [0, 0.1) is 119 Å². The van der Waals surface area contributed by atoms with E-state index in [2.05, 4.69) is 96.6 Å². The van der Waals surface area contributed by atoms with E-state index >= 15 is 0 Å². The molecule has 6 nitrogen and oxygen atoms in total. The summed E-state index contributed by atoms with van der Waals surface area (Å²) in [5, 5.41) is 21.0. The fourth-order valence-corrected chi connectivity index (χ4v) is 22.9. The molecule has 10 rings (SSSR count). The summed E-state index contributed by atoms with van der Waals surface area (Å²) in [5.74, 6) is 5.13. The third-order valence-corrected chi connectivity index (χ3v) is 26.8. The highest BCUT2D eigenvalue weighted by atomic mass is 16.4. The normalized spacial score (nSPS) is 52.9. The van der Waals surface area contributed by atoms with Crippen molar-refractivity contribution >= 4 is 23.5 Å². The molecule has 0 heterocycles. The molecular weight excluding hydrogens is 817 g/mol. The molecule has 370 valence electrons. The Morgan fingerprint density at radius 3 is 1.32 bits per heavy atom. The van der Waals surface area contributed by atoms with Gasteiger partial charge in [0.1, 0.15) is 11.6 Å². The van der Waals surface area contributed by atoms with E-state index in [4.69, 9.17) is 0 Å². The van der Waals surface area contributed by atoms with Crippen molar-refractivity contribution in [1.29, 1.82) is 0 Å². The van der Waals surface area contributed by atoms with Crippen LogP contribution >= 0.6 is 0 Å². The molecule has 0 bridgehead atoms. The summed E-state index contributed by atoms with van der Waals surface area (Å²) in [5.41, 5.74) is 1.02. The second kappa shape index (κ2) is 15.3. The van der Waals surface area contributed by atoms with Crippen LogP contribution in [0.3, 0.4) is 0 Å². The first kappa shape index (κ1) is 49.0. The van der Waals surface area contributed by atoms with Gasteiger partial charge in [-0.2, -0.15) is 0 Å². The van der Waals surface area contributed by atoms with E-state index < -0.39 is 22.8 Å². The standard InChI is InChI=1S/C30H48O3.C30H46O3/c2*1-18(2)19-10-15-30(25(32)33)17-16-28(6)20(24(19)30)8-9-22-27(5)13-12-23(31)26(3,4)21(27)11-14-29(22,28)7/h18-22,24H,8-17H2,1-7H3,(H,32,33);19-22,24H,1,8-17H2,2-7H3,(H,32,33)/t2*19?,20-,21?,22-,24?,27+,28-,29-,30+/m11/s1. The number of aliphatic carboxylic acids is 2. The van der Waals surface area contributed by atoms with Crippen LogP contribution in [0.5, 0.6) is 0 Å². The smallest absolute Gasteiger partial charge is 0.309 e. The maximum atomic E-state index is 12.9. The van der Waals surface area contributed by atoms with E-state index in [0.29, 0.717) is 70.7 Å². The molecule has 10 aliphatic rings. The van der Waals surface area contributed by atoms with Crippen molar-refractivity contribution in [3.63, 3.8) is 0 Å². The minimum absolute atomic E-state index is 0.164. The molecule has 0 amide bonds. The van der Waals surface area contributed by atoms with Crippen molar-refractivity contribution in [3.05, 3.63) is 12.2 Å². The van der Waals surface area contributed by atoms with Crippen molar-refractivity contribution in [2.75, 3.05) is 0 Å². The fraction of sp³-hybridized carbons (Fsp3) is 0.900. The molecule has 6 unspecified atom stereocenters. The molecule has 0 saturated heterocycles. The van der Waals surface area contributed by atoms with Gasteiger partial charge in [-0.05, 0) is 220 Å². The number of hydrogen-bond acceptors (Lipinski definition) is 4. The Labute approximate surface area is 401 Å². The molecule has 0 spiro atoms. The molecule has 2 N–H and O–H groups in total. The van der Waals surface area contributed by atoms with Gasteiger partial charge in [-0.25, -0.2) is 0 Å². The summed E-state index contributed by atoms with van der Waals surface area (Å²) < 4.78 is 0. The lowest BCUT2D eigenvalue weighted by Crippen LogP contribution is -2.66. The van der Waals surface area contributed by atoms with E-state index in [-0.39, 0.29) is 49.2 Å². The zero-order valence-corrected chi connectivity index (χ0v) is 44.2. The quantitative estimate of drug-likeness (QED) is 0.272. The number of fused-ring (bicyclic) bond motifs is 14. The summed E-state index contributed by atoms with van der Waals surface area (Å²) in [7, 11) is 0. The first-order valence-electron chi connectivity index (χ1n) is 27.7. The van der Waals surface area contributed by atoms with Crippen molar-refractivity contribution in [1.82, 2.24) is 0 Å². The average molecular weight is 911 g/mol. The van der Waals surface area contributed by atoms with Gasteiger partial charge >= 0.3 is 11.9 Å². The SMILES string of the molecule is C=C(C)C1CC[C@]2(C(=O)O)CC[C@]3(C)[C@H](CC[C@@H]4[C@@]5(C)CCC(=O)C(C)(C)C5CC[C@]43C)C12.CC(C)C1CC[C@]2(C(=O)O)CC[C@]3(C)[C@H](CC[C@@H]4[C@@]5(C)CCC(=O)C(C)(C)C5CC[C@]43C)C12. The van der Waals surface area contributed by atoms with E-state index in [1.54, 1.807) is 0 Å². The molecule has 0 aromatic rings. The second-order valence-corrected chi connectivity index (χ2v) is 29.0. The molecule has 0 aromatic heterocycles. The van der Waals surface area contributed by atoms with Crippen LogP contribution in [0.25, 0.3) is 0 Å². The third kappa shape index (κ3) is 6.01. The van der Waals surface area contributed by atoms with Crippen molar-refractivity contribution < 1.29 is 29.4 Å². The van der Waals surface area contributed by atoms with Crippen LogP contribution in [-0.4, -0.2) is 33.7 Å². The van der Waals surface area contributed by atoms with Gasteiger partial charge in [-0.1, -0.05) is 95.2 Å². The number of carboxylic acid groups (broad SMARTS) is 2. The van der Waals surface area contributed by atoms with E-state index in [9.17, 15) is 29.4 Å². The number of carbonyl (C=O) groups excluding carboxylic acids is 2. The molecule has 6 heteroatoms. The highest BCUT2D eigenvalue weighted by Gasteiger charge is 2.74. The maximum Gasteiger partial charge on any atom is 0.309 e. The van der Waals surface area contributed by atoms with Crippen LogP contribution < -0.4 is 0 Å². The number of hydrogen-bond donors (Lipinski definition) is 2. The van der Waals surface area contributed by atoms with E-state index in [1.807, 2.05) is 0 Å². The highest BCUT2D eigenvalue weighted by Crippen LogP contribution is 2.79. The van der Waals surface area contributed by atoms with Gasteiger partial charge in [0.15, 0.2) is 0 Å². The topological polar surface area (TPSA) is 109 Å². The first-order chi connectivity index (χ1) is 30.5. The van der Waals surface area contributed by atoms with Crippen LogP contribution in [0.1, 0.15) is 218 Å². The molecule has 10 aliphatic carbocycles. The molecule has 66 heavy (non-hydrogen) atoms. The van der Waals surface area contributed by atoms with Crippen molar-refractivity contribution in [2.24, 2.45) is 119 Å². The van der Waals surface area contributed by atoms with Gasteiger partial charge < -0.3 is 10.2 Å². The summed E-state index contributed by atoms with van der Waals surface area (Å²) in [6.45, 7) is 35.4.